The van der Waals surface area contributed by atoms with Crippen molar-refractivity contribution < 1.29 is 9.21 Å². The van der Waals surface area contributed by atoms with Crippen molar-refractivity contribution in [3.05, 3.63) is 24.2 Å². The number of carbonyl (C=O) groups is 1. The van der Waals surface area contributed by atoms with Crippen LogP contribution in [0.2, 0.25) is 0 Å². The molecule has 4 nitrogen and oxygen atoms in total. The number of rotatable bonds is 6. The zero-order chi connectivity index (χ0) is 12.0. The van der Waals surface area contributed by atoms with Crippen LogP contribution in [0.1, 0.15) is 39.0 Å². The number of amides is 1. The molecule has 0 bridgehead atoms. The molecule has 1 heterocycles. The minimum absolute atomic E-state index is 0.0392. The number of hydrogen-bond donors (Lipinski definition) is 2. The highest BCUT2D eigenvalue weighted by Crippen LogP contribution is 2.12. The summed E-state index contributed by atoms with van der Waals surface area (Å²) in [5, 5.41) is 6.10. The molecule has 0 spiro atoms. The molecule has 0 aromatic carbocycles. The standard InChI is InChI=1S/C12H20N2O2/c1-4-13-9(2)8-12(15)14-10(3)11-6-5-7-16-11/h5-7,9-10,13H,4,8H2,1-3H3,(H,14,15). The van der Waals surface area contributed by atoms with Gasteiger partial charge < -0.3 is 15.1 Å². The Labute approximate surface area is 96.4 Å². The zero-order valence-corrected chi connectivity index (χ0v) is 10.1. The smallest absolute Gasteiger partial charge is 0.222 e. The monoisotopic (exact) mass is 224 g/mol. The minimum Gasteiger partial charge on any atom is -0.467 e. The lowest BCUT2D eigenvalue weighted by atomic mass is 10.2. The maximum atomic E-state index is 11.6. The van der Waals surface area contributed by atoms with E-state index in [1.54, 1.807) is 6.26 Å². The molecule has 0 saturated carbocycles. The molecule has 0 aliphatic carbocycles. The van der Waals surface area contributed by atoms with Crippen LogP contribution in [0.4, 0.5) is 0 Å². The van der Waals surface area contributed by atoms with Gasteiger partial charge in [0.25, 0.3) is 0 Å². The predicted octanol–water partition coefficient (Wildman–Crippen LogP) is 1.84. The van der Waals surface area contributed by atoms with E-state index in [2.05, 4.69) is 10.6 Å². The summed E-state index contributed by atoms with van der Waals surface area (Å²) in [4.78, 5) is 11.6. The van der Waals surface area contributed by atoms with Gasteiger partial charge in [-0.05, 0) is 32.5 Å². The molecule has 2 unspecified atom stereocenters. The fourth-order valence-corrected chi connectivity index (χ4v) is 1.61. The molecule has 0 radical (unpaired) electrons. The first-order chi connectivity index (χ1) is 7.63. The average Bonchev–Trinajstić information content (AvgIpc) is 2.69. The van der Waals surface area contributed by atoms with Crippen LogP contribution in [-0.2, 0) is 4.79 Å². The van der Waals surface area contributed by atoms with Crippen molar-refractivity contribution in [2.24, 2.45) is 0 Å². The second-order valence-electron chi connectivity index (χ2n) is 3.97. The van der Waals surface area contributed by atoms with E-state index in [9.17, 15) is 4.79 Å². The molecular formula is C12H20N2O2. The van der Waals surface area contributed by atoms with Crippen LogP contribution in [0.25, 0.3) is 0 Å². The van der Waals surface area contributed by atoms with E-state index < -0.39 is 0 Å². The number of nitrogens with one attached hydrogen (secondary N) is 2. The summed E-state index contributed by atoms with van der Waals surface area (Å²) in [7, 11) is 0. The lowest BCUT2D eigenvalue weighted by Gasteiger charge is -2.15. The molecule has 0 saturated heterocycles. The van der Waals surface area contributed by atoms with Gasteiger partial charge in [0, 0.05) is 12.5 Å². The van der Waals surface area contributed by atoms with Crippen molar-refractivity contribution in [3.8, 4) is 0 Å². The van der Waals surface area contributed by atoms with E-state index in [1.165, 1.54) is 0 Å². The van der Waals surface area contributed by atoms with Crippen molar-refractivity contribution in [1.29, 1.82) is 0 Å². The first-order valence-electron chi connectivity index (χ1n) is 5.69. The van der Waals surface area contributed by atoms with Gasteiger partial charge in [-0.2, -0.15) is 0 Å². The zero-order valence-electron chi connectivity index (χ0n) is 10.1. The first-order valence-corrected chi connectivity index (χ1v) is 5.69. The van der Waals surface area contributed by atoms with Crippen molar-refractivity contribution in [3.63, 3.8) is 0 Å². The highest BCUT2D eigenvalue weighted by molar-refractivity contribution is 5.76. The molecule has 2 N–H and O–H groups in total. The van der Waals surface area contributed by atoms with Gasteiger partial charge in [0.15, 0.2) is 0 Å². The Morgan fingerprint density at radius 2 is 2.25 bits per heavy atom. The van der Waals surface area contributed by atoms with Gasteiger partial charge in [-0.25, -0.2) is 0 Å². The quantitative estimate of drug-likeness (QED) is 0.775. The molecule has 1 amide bonds. The highest BCUT2D eigenvalue weighted by Gasteiger charge is 2.13. The Kier molecular flexibility index (Phi) is 5.05. The molecule has 2 atom stereocenters. The van der Waals surface area contributed by atoms with E-state index in [0.717, 1.165) is 12.3 Å². The SMILES string of the molecule is CCNC(C)CC(=O)NC(C)c1ccco1. The number of hydrogen-bond acceptors (Lipinski definition) is 3. The van der Waals surface area contributed by atoms with E-state index in [-0.39, 0.29) is 18.0 Å². The second kappa shape index (κ2) is 6.33. The largest absolute Gasteiger partial charge is 0.467 e. The summed E-state index contributed by atoms with van der Waals surface area (Å²) in [6.45, 7) is 6.82. The topological polar surface area (TPSA) is 54.3 Å². The summed E-state index contributed by atoms with van der Waals surface area (Å²) >= 11 is 0. The van der Waals surface area contributed by atoms with E-state index in [1.807, 2.05) is 32.9 Å². The third-order valence-electron chi connectivity index (χ3n) is 2.39. The first kappa shape index (κ1) is 12.8. The molecule has 1 rings (SSSR count). The van der Waals surface area contributed by atoms with E-state index in [4.69, 9.17) is 4.42 Å². The van der Waals surface area contributed by atoms with Gasteiger partial charge in [0.05, 0.1) is 12.3 Å². The Morgan fingerprint density at radius 3 is 2.81 bits per heavy atom. The summed E-state index contributed by atoms with van der Waals surface area (Å²) < 4.78 is 5.22. The molecule has 16 heavy (non-hydrogen) atoms. The highest BCUT2D eigenvalue weighted by atomic mass is 16.3. The van der Waals surface area contributed by atoms with E-state index in [0.29, 0.717) is 6.42 Å². The van der Waals surface area contributed by atoms with Gasteiger partial charge in [-0.15, -0.1) is 0 Å². The van der Waals surface area contributed by atoms with Crippen molar-refractivity contribution in [1.82, 2.24) is 10.6 Å². The van der Waals surface area contributed by atoms with Gasteiger partial charge in [0.2, 0.25) is 5.91 Å². The summed E-state index contributed by atoms with van der Waals surface area (Å²) in [6, 6.07) is 3.81. The minimum atomic E-state index is -0.0728. The molecule has 0 aliphatic rings. The molecule has 0 aliphatic heterocycles. The molecular weight excluding hydrogens is 204 g/mol. The van der Waals surface area contributed by atoms with Crippen molar-refractivity contribution in [2.45, 2.75) is 39.3 Å². The maximum absolute atomic E-state index is 11.6. The van der Waals surface area contributed by atoms with E-state index >= 15 is 0 Å². The van der Waals surface area contributed by atoms with Gasteiger partial charge in [0.1, 0.15) is 5.76 Å². The van der Waals surface area contributed by atoms with Crippen molar-refractivity contribution >= 4 is 5.91 Å². The summed E-state index contributed by atoms with van der Waals surface area (Å²) in [6.07, 6.45) is 2.10. The molecule has 4 heteroatoms. The lowest BCUT2D eigenvalue weighted by Crippen LogP contribution is -2.34. The van der Waals surface area contributed by atoms with Crippen LogP contribution in [-0.4, -0.2) is 18.5 Å². The van der Waals surface area contributed by atoms with Crippen LogP contribution in [0, 0.1) is 0 Å². The van der Waals surface area contributed by atoms with Crippen LogP contribution >= 0.6 is 0 Å². The second-order valence-corrected chi connectivity index (χ2v) is 3.97. The molecule has 1 aromatic heterocycles. The third kappa shape index (κ3) is 4.06. The molecule has 0 fully saturated rings. The normalized spacial score (nSPS) is 14.4. The van der Waals surface area contributed by atoms with Crippen LogP contribution in [0.3, 0.4) is 0 Å². The van der Waals surface area contributed by atoms with Crippen molar-refractivity contribution in [2.75, 3.05) is 6.54 Å². The third-order valence-corrected chi connectivity index (χ3v) is 2.39. The molecule has 1 aromatic rings. The van der Waals surface area contributed by atoms with Crippen LogP contribution < -0.4 is 10.6 Å². The van der Waals surface area contributed by atoms with Crippen LogP contribution in [0.15, 0.2) is 22.8 Å². The fraction of sp³-hybridized carbons (Fsp3) is 0.583. The Hall–Kier alpha value is -1.29. The number of furan rings is 1. The average molecular weight is 224 g/mol. The Morgan fingerprint density at radius 1 is 1.50 bits per heavy atom. The number of carbonyl (C=O) groups excluding carboxylic acids is 1. The summed E-state index contributed by atoms with van der Waals surface area (Å²) in [5.41, 5.74) is 0. The van der Waals surface area contributed by atoms with Gasteiger partial charge in [-0.3, -0.25) is 4.79 Å². The predicted molar refractivity (Wildman–Crippen MR) is 63.0 cm³/mol. The maximum Gasteiger partial charge on any atom is 0.222 e. The molecule has 90 valence electrons. The fourth-order valence-electron chi connectivity index (χ4n) is 1.61. The lowest BCUT2D eigenvalue weighted by molar-refractivity contribution is -0.122. The van der Waals surface area contributed by atoms with Crippen LogP contribution in [0.5, 0.6) is 0 Å². The Bertz CT molecular complexity index is 309. The summed E-state index contributed by atoms with van der Waals surface area (Å²) in [5.74, 6) is 0.821. The van der Waals surface area contributed by atoms with Gasteiger partial charge in [-0.1, -0.05) is 6.92 Å². The van der Waals surface area contributed by atoms with Gasteiger partial charge >= 0.3 is 0 Å². The Balaban J connectivity index is 2.34.